The van der Waals surface area contributed by atoms with Gasteiger partial charge in [0.2, 0.25) is 0 Å². The van der Waals surface area contributed by atoms with Gasteiger partial charge in [0.1, 0.15) is 6.10 Å². The predicted molar refractivity (Wildman–Crippen MR) is 143 cm³/mol. The summed E-state index contributed by atoms with van der Waals surface area (Å²) >= 11 is 0. The molecular formula is C29H52O6Si. The van der Waals surface area contributed by atoms with Crippen LogP contribution in [0, 0.1) is 28.6 Å². The summed E-state index contributed by atoms with van der Waals surface area (Å²) in [4.78, 5) is 12.4. The fraction of sp³-hybridized carbons (Fsp3) is 0.966. The Morgan fingerprint density at radius 3 is 2.25 bits per heavy atom. The Kier molecular flexibility index (Phi) is 7.87. The summed E-state index contributed by atoms with van der Waals surface area (Å²) in [6.45, 7) is 19.3. The van der Waals surface area contributed by atoms with E-state index < -0.39 is 14.1 Å². The zero-order valence-electron chi connectivity index (χ0n) is 24.2. The minimum absolute atomic E-state index is 0.00931. The molecule has 0 radical (unpaired) electrons. The van der Waals surface area contributed by atoms with Gasteiger partial charge in [-0.3, -0.25) is 4.79 Å². The zero-order valence-corrected chi connectivity index (χ0v) is 25.2. The third kappa shape index (κ3) is 4.74. The maximum absolute atomic E-state index is 12.4. The van der Waals surface area contributed by atoms with Gasteiger partial charge in [0.15, 0.2) is 14.1 Å². The van der Waals surface area contributed by atoms with Gasteiger partial charge in [-0.15, -0.1) is 0 Å². The summed E-state index contributed by atoms with van der Waals surface area (Å²) in [7, 11) is -1.87. The predicted octanol–water partition coefficient (Wildman–Crippen LogP) is 6.07. The normalized spacial score (nSPS) is 40.9. The Hall–Kier alpha value is -0.473. The molecule has 1 aliphatic heterocycles. The molecule has 208 valence electrons. The molecule has 7 heteroatoms. The first-order valence-corrected chi connectivity index (χ1v) is 17.3. The van der Waals surface area contributed by atoms with Crippen molar-refractivity contribution in [3.8, 4) is 0 Å². The Morgan fingerprint density at radius 1 is 1.03 bits per heavy atom. The molecule has 0 aromatic heterocycles. The second-order valence-electron chi connectivity index (χ2n) is 14.2. The average Bonchev–Trinajstić information content (AvgIpc) is 3.36. The molecule has 0 aromatic rings. The number of esters is 1. The highest BCUT2D eigenvalue weighted by atomic mass is 28.4. The second kappa shape index (κ2) is 9.93. The van der Waals surface area contributed by atoms with Gasteiger partial charge in [0.05, 0.1) is 13.2 Å². The lowest BCUT2D eigenvalue weighted by Gasteiger charge is -2.58. The number of ether oxygens (including phenoxy) is 3. The smallest absolute Gasteiger partial charge is 0.302 e. The van der Waals surface area contributed by atoms with Crippen molar-refractivity contribution in [1.82, 2.24) is 0 Å². The molecule has 1 N–H and O–H groups in total. The highest BCUT2D eigenvalue weighted by Crippen LogP contribution is 2.65. The van der Waals surface area contributed by atoms with Crippen LogP contribution in [0.4, 0.5) is 0 Å². The van der Waals surface area contributed by atoms with E-state index in [1.165, 1.54) is 0 Å². The molecule has 1 heterocycles. The minimum atomic E-state index is -1.87. The molecule has 4 fully saturated rings. The summed E-state index contributed by atoms with van der Waals surface area (Å²) in [5.74, 6) is 0.113. The van der Waals surface area contributed by atoms with Gasteiger partial charge in [-0.1, -0.05) is 34.6 Å². The number of carbonyl (C=O) groups is 1. The lowest BCUT2D eigenvalue weighted by atomic mass is 9.51. The van der Waals surface area contributed by atoms with Crippen molar-refractivity contribution < 1.29 is 28.5 Å². The fourth-order valence-electron chi connectivity index (χ4n) is 8.20. The van der Waals surface area contributed by atoms with Crippen LogP contribution in [0.3, 0.4) is 0 Å². The number of aliphatic hydroxyl groups is 1. The van der Waals surface area contributed by atoms with E-state index in [0.29, 0.717) is 19.1 Å². The van der Waals surface area contributed by atoms with Crippen LogP contribution in [0.15, 0.2) is 0 Å². The van der Waals surface area contributed by atoms with Crippen molar-refractivity contribution in [2.75, 3.05) is 19.8 Å². The first-order valence-electron chi connectivity index (χ1n) is 14.4. The maximum atomic E-state index is 12.4. The van der Waals surface area contributed by atoms with Gasteiger partial charge < -0.3 is 23.7 Å². The molecule has 0 bridgehead atoms. The zero-order chi connectivity index (χ0) is 26.6. The topological polar surface area (TPSA) is 74.2 Å². The Morgan fingerprint density at radius 2 is 1.67 bits per heavy atom. The van der Waals surface area contributed by atoms with Crippen molar-refractivity contribution in [2.24, 2.45) is 28.6 Å². The fourth-order valence-corrected chi connectivity index (χ4v) is 9.60. The van der Waals surface area contributed by atoms with Crippen molar-refractivity contribution in [2.45, 2.75) is 129 Å². The van der Waals surface area contributed by atoms with Crippen LogP contribution >= 0.6 is 0 Å². The lowest BCUT2D eigenvalue weighted by molar-refractivity contribution is -0.252. The van der Waals surface area contributed by atoms with Gasteiger partial charge in [0.25, 0.3) is 0 Å². The van der Waals surface area contributed by atoms with E-state index in [1.807, 2.05) is 0 Å². The van der Waals surface area contributed by atoms with Crippen LogP contribution in [0.1, 0.15) is 92.9 Å². The molecule has 1 spiro atoms. The van der Waals surface area contributed by atoms with E-state index in [0.717, 1.165) is 51.4 Å². The van der Waals surface area contributed by atoms with Crippen molar-refractivity contribution in [3.05, 3.63) is 0 Å². The van der Waals surface area contributed by atoms with E-state index >= 15 is 0 Å². The maximum Gasteiger partial charge on any atom is 0.302 e. The van der Waals surface area contributed by atoms with Gasteiger partial charge in [-0.05, 0) is 74.4 Å². The molecule has 4 rings (SSSR count). The first kappa shape index (κ1) is 28.5. The number of hydrogen-bond acceptors (Lipinski definition) is 6. The molecule has 3 aliphatic carbocycles. The van der Waals surface area contributed by atoms with E-state index in [-0.39, 0.29) is 52.5 Å². The third-order valence-electron chi connectivity index (χ3n) is 11.4. The molecule has 4 aliphatic rings. The molecule has 6 nitrogen and oxygen atoms in total. The molecule has 0 unspecified atom stereocenters. The van der Waals surface area contributed by atoms with Crippen molar-refractivity contribution in [1.29, 1.82) is 0 Å². The Labute approximate surface area is 220 Å². The molecule has 36 heavy (non-hydrogen) atoms. The molecule has 3 saturated carbocycles. The van der Waals surface area contributed by atoms with Gasteiger partial charge in [-0.25, -0.2) is 0 Å². The number of rotatable bonds is 6. The van der Waals surface area contributed by atoms with Gasteiger partial charge in [0, 0.05) is 43.3 Å². The van der Waals surface area contributed by atoms with Crippen LogP contribution in [0.25, 0.3) is 0 Å². The lowest BCUT2D eigenvalue weighted by Crippen LogP contribution is -2.58. The van der Waals surface area contributed by atoms with Gasteiger partial charge in [-0.2, -0.15) is 0 Å². The second-order valence-corrected chi connectivity index (χ2v) is 19.0. The summed E-state index contributed by atoms with van der Waals surface area (Å²) < 4.78 is 25.7. The molecule has 0 amide bonds. The van der Waals surface area contributed by atoms with Crippen LogP contribution in [-0.4, -0.2) is 57.2 Å². The number of fused-ring (bicyclic) bond motifs is 2. The molecular weight excluding hydrogens is 472 g/mol. The van der Waals surface area contributed by atoms with Crippen LogP contribution in [0.2, 0.25) is 18.1 Å². The average molecular weight is 525 g/mol. The Balaban J connectivity index is 1.59. The first-order chi connectivity index (χ1) is 16.7. The summed E-state index contributed by atoms with van der Waals surface area (Å²) in [5, 5.41) is 10.3. The highest BCUT2D eigenvalue weighted by Gasteiger charge is 2.67. The number of carbonyl (C=O) groups excluding carboxylic acids is 1. The van der Waals surface area contributed by atoms with Crippen LogP contribution in [-0.2, 0) is 23.4 Å². The summed E-state index contributed by atoms with van der Waals surface area (Å²) in [6.07, 6.45) is 7.77. The molecule has 1 saturated heterocycles. The standard InChI is InChI=1S/C29H52O6Si/c1-20(31)34-25-23(10-14-28(6)24(25)11-15-29(28)32-17-18-33-29)27(5)13-9-22(19-21(27)12-16-30)35-36(7,8)26(2,3)4/h21-25,30H,9-19H2,1-8H3/t21-,22-,23+,24+,25+,27-,28-/m0/s1. The monoisotopic (exact) mass is 524 g/mol. The van der Waals surface area contributed by atoms with E-state index in [2.05, 4.69) is 47.7 Å². The summed E-state index contributed by atoms with van der Waals surface area (Å²) in [6, 6.07) is 0. The quantitative estimate of drug-likeness (QED) is 0.336. The largest absolute Gasteiger partial charge is 0.462 e. The third-order valence-corrected chi connectivity index (χ3v) is 15.9. The SMILES string of the molecule is CC(=O)O[C@@H]1[C@H]([C@@]2(C)CC[C@H](O[Si](C)(C)C(C)(C)C)C[C@@H]2CCO)CC[C@@]2(C)[C@@H]1CCC21OCCO1. The summed E-state index contributed by atoms with van der Waals surface area (Å²) in [5.41, 5.74) is -0.157. The van der Waals surface area contributed by atoms with Crippen molar-refractivity contribution in [3.63, 3.8) is 0 Å². The molecule has 7 atom stereocenters. The number of hydrogen-bond donors (Lipinski definition) is 1. The van der Waals surface area contributed by atoms with Crippen molar-refractivity contribution >= 4 is 14.3 Å². The highest BCUT2D eigenvalue weighted by molar-refractivity contribution is 6.74. The minimum Gasteiger partial charge on any atom is -0.462 e. The number of aliphatic hydroxyl groups excluding tert-OH is 1. The Bertz CT molecular complexity index is 802. The van der Waals surface area contributed by atoms with E-state index in [4.69, 9.17) is 18.6 Å². The van der Waals surface area contributed by atoms with E-state index in [1.54, 1.807) is 6.92 Å². The van der Waals surface area contributed by atoms with Crippen LogP contribution < -0.4 is 0 Å². The van der Waals surface area contributed by atoms with Crippen LogP contribution in [0.5, 0.6) is 0 Å². The van der Waals surface area contributed by atoms with E-state index in [9.17, 15) is 9.90 Å². The molecule has 0 aromatic carbocycles. The van der Waals surface area contributed by atoms with Gasteiger partial charge >= 0.3 is 5.97 Å².